The molecule has 2 aliphatic rings. The fraction of sp³-hybridized carbons (Fsp3) is 0.385. The molecule has 2 saturated carbocycles. The third kappa shape index (κ3) is 4.25. The van der Waals surface area contributed by atoms with Gasteiger partial charge in [0.2, 0.25) is 5.91 Å². The summed E-state index contributed by atoms with van der Waals surface area (Å²) < 4.78 is 3.42. The van der Waals surface area contributed by atoms with Crippen LogP contribution in [0, 0.1) is 13.8 Å². The van der Waals surface area contributed by atoms with Crippen molar-refractivity contribution in [1.82, 2.24) is 19.7 Å². The highest BCUT2D eigenvalue weighted by molar-refractivity contribution is 7.99. The molecule has 34 heavy (non-hydrogen) atoms. The SMILES string of the molecule is Cc1ccc2sc(N(Cc3ccccc3)C(=O)CSc3nnc(C4CC4)n3C3CC3)nc2c1C. The van der Waals surface area contributed by atoms with E-state index in [1.165, 1.54) is 48.6 Å². The van der Waals surface area contributed by atoms with Crippen molar-refractivity contribution in [2.75, 3.05) is 10.7 Å². The summed E-state index contributed by atoms with van der Waals surface area (Å²) in [5, 5.41) is 10.6. The van der Waals surface area contributed by atoms with Crippen LogP contribution in [0.15, 0.2) is 47.6 Å². The lowest BCUT2D eigenvalue weighted by molar-refractivity contribution is -0.116. The number of thioether (sulfide) groups is 1. The fourth-order valence-corrected chi connectivity index (χ4v) is 6.18. The Morgan fingerprint density at radius 2 is 1.88 bits per heavy atom. The van der Waals surface area contributed by atoms with Gasteiger partial charge in [0, 0.05) is 12.0 Å². The monoisotopic (exact) mass is 489 g/mol. The number of fused-ring (bicyclic) bond motifs is 1. The van der Waals surface area contributed by atoms with E-state index in [4.69, 9.17) is 4.98 Å². The predicted octanol–water partition coefficient (Wildman–Crippen LogP) is 6.04. The molecule has 4 aromatic rings. The third-order valence-electron chi connectivity index (χ3n) is 6.66. The number of amides is 1. The van der Waals surface area contributed by atoms with Crippen LogP contribution in [0.2, 0.25) is 0 Å². The predicted molar refractivity (Wildman–Crippen MR) is 138 cm³/mol. The van der Waals surface area contributed by atoms with Crippen molar-refractivity contribution in [2.24, 2.45) is 0 Å². The van der Waals surface area contributed by atoms with E-state index in [2.05, 4.69) is 52.9 Å². The van der Waals surface area contributed by atoms with E-state index in [1.54, 1.807) is 11.3 Å². The smallest absolute Gasteiger partial charge is 0.239 e. The quantitative estimate of drug-likeness (QED) is 0.282. The van der Waals surface area contributed by atoms with Gasteiger partial charge in [-0.2, -0.15) is 0 Å². The van der Waals surface area contributed by atoms with Gasteiger partial charge in [-0.1, -0.05) is 59.5 Å². The van der Waals surface area contributed by atoms with Crippen LogP contribution in [0.1, 0.15) is 60.2 Å². The first-order valence-electron chi connectivity index (χ1n) is 11.9. The van der Waals surface area contributed by atoms with Crippen LogP contribution < -0.4 is 4.90 Å². The molecule has 6 rings (SSSR count). The van der Waals surface area contributed by atoms with E-state index in [1.807, 2.05) is 23.1 Å². The number of hydrogen-bond donors (Lipinski definition) is 0. The number of carbonyl (C=O) groups excluding carboxylic acids is 1. The zero-order valence-corrected chi connectivity index (χ0v) is 21.0. The highest BCUT2D eigenvalue weighted by Gasteiger charge is 2.36. The van der Waals surface area contributed by atoms with Crippen molar-refractivity contribution in [3.05, 3.63) is 65.0 Å². The summed E-state index contributed by atoms with van der Waals surface area (Å²) in [6.45, 7) is 4.70. The highest BCUT2D eigenvalue weighted by Crippen LogP contribution is 2.46. The van der Waals surface area contributed by atoms with Crippen molar-refractivity contribution < 1.29 is 4.79 Å². The number of anilines is 1. The van der Waals surface area contributed by atoms with E-state index in [0.717, 1.165) is 31.9 Å². The molecule has 0 unspecified atom stereocenters. The van der Waals surface area contributed by atoms with Crippen LogP contribution >= 0.6 is 23.1 Å². The number of rotatable bonds is 8. The Labute approximate surface area is 207 Å². The van der Waals surface area contributed by atoms with E-state index >= 15 is 0 Å². The first kappa shape index (κ1) is 21.8. The lowest BCUT2D eigenvalue weighted by Gasteiger charge is -2.20. The number of nitrogens with zero attached hydrogens (tertiary/aromatic N) is 5. The number of aryl methyl sites for hydroxylation is 2. The molecule has 0 N–H and O–H groups in total. The first-order valence-corrected chi connectivity index (χ1v) is 13.7. The van der Waals surface area contributed by atoms with E-state index in [0.29, 0.717) is 24.3 Å². The van der Waals surface area contributed by atoms with Gasteiger partial charge in [0.1, 0.15) is 5.82 Å². The minimum Gasteiger partial charge on any atom is -0.303 e. The summed E-state index contributed by atoms with van der Waals surface area (Å²) in [5.74, 6) is 2.04. The molecular formula is C26H27N5OS2. The Morgan fingerprint density at radius 3 is 2.62 bits per heavy atom. The number of thiazole rings is 1. The summed E-state index contributed by atoms with van der Waals surface area (Å²) in [5.41, 5.74) is 4.46. The molecule has 2 aromatic carbocycles. The van der Waals surface area contributed by atoms with Crippen molar-refractivity contribution in [3.63, 3.8) is 0 Å². The van der Waals surface area contributed by atoms with Crippen LogP contribution in [0.3, 0.4) is 0 Å². The van der Waals surface area contributed by atoms with Gasteiger partial charge in [-0.05, 0) is 62.3 Å². The largest absolute Gasteiger partial charge is 0.303 e. The molecule has 2 aliphatic carbocycles. The normalized spacial score (nSPS) is 15.7. The second kappa shape index (κ2) is 8.82. The van der Waals surface area contributed by atoms with Crippen LogP contribution in [0.5, 0.6) is 0 Å². The molecule has 2 heterocycles. The number of hydrogen-bond acceptors (Lipinski definition) is 6. The average molecular weight is 490 g/mol. The third-order valence-corrected chi connectivity index (χ3v) is 8.63. The van der Waals surface area contributed by atoms with Gasteiger partial charge in [-0.3, -0.25) is 9.69 Å². The molecule has 8 heteroatoms. The molecule has 0 saturated heterocycles. The van der Waals surface area contributed by atoms with Crippen LogP contribution in [0.25, 0.3) is 10.2 Å². The lowest BCUT2D eigenvalue weighted by atomic mass is 10.1. The lowest BCUT2D eigenvalue weighted by Crippen LogP contribution is -2.32. The molecule has 1 amide bonds. The molecule has 0 atom stereocenters. The minimum atomic E-state index is 0.0422. The molecular weight excluding hydrogens is 462 g/mol. The maximum absolute atomic E-state index is 13.6. The molecule has 2 aromatic heterocycles. The summed E-state index contributed by atoms with van der Waals surface area (Å²) in [6, 6.07) is 14.9. The van der Waals surface area contributed by atoms with Gasteiger partial charge in [0.25, 0.3) is 0 Å². The highest BCUT2D eigenvalue weighted by atomic mass is 32.2. The van der Waals surface area contributed by atoms with Crippen molar-refractivity contribution >= 4 is 44.4 Å². The molecule has 0 spiro atoms. The Balaban J connectivity index is 1.28. The van der Waals surface area contributed by atoms with Crippen molar-refractivity contribution in [2.45, 2.75) is 63.2 Å². The Bertz CT molecular complexity index is 1350. The Morgan fingerprint density at radius 1 is 1.09 bits per heavy atom. The van der Waals surface area contributed by atoms with Gasteiger partial charge in [-0.15, -0.1) is 10.2 Å². The maximum Gasteiger partial charge on any atom is 0.239 e. The summed E-state index contributed by atoms with van der Waals surface area (Å²) in [7, 11) is 0. The number of carbonyl (C=O) groups is 1. The molecule has 0 aliphatic heterocycles. The summed E-state index contributed by atoms with van der Waals surface area (Å²) >= 11 is 3.09. The fourth-order valence-electron chi connectivity index (χ4n) is 4.25. The Kier molecular flexibility index (Phi) is 5.65. The second-order valence-electron chi connectivity index (χ2n) is 9.32. The maximum atomic E-state index is 13.6. The van der Waals surface area contributed by atoms with Gasteiger partial charge in [0.05, 0.1) is 22.5 Å². The zero-order chi connectivity index (χ0) is 23.2. The number of benzene rings is 2. The van der Waals surface area contributed by atoms with Crippen LogP contribution in [0.4, 0.5) is 5.13 Å². The van der Waals surface area contributed by atoms with Gasteiger partial charge in [0.15, 0.2) is 10.3 Å². The number of aromatic nitrogens is 4. The minimum absolute atomic E-state index is 0.0422. The molecule has 6 nitrogen and oxygen atoms in total. The molecule has 2 fully saturated rings. The van der Waals surface area contributed by atoms with E-state index in [-0.39, 0.29) is 5.91 Å². The molecule has 0 radical (unpaired) electrons. The van der Waals surface area contributed by atoms with Crippen LogP contribution in [-0.2, 0) is 11.3 Å². The van der Waals surface area contributed by atoms with Crippen LogP contribution in [-0.4, -0.2) is 31.4 Å². The molecule has 174 valence electrons. The zero-order valence-electron chi connectivity index (χ0n) is 19.4. The van der Waals surface area contributed by atoms with Crippen molar-refractivity contribution in [3.8, 4) is 0 Å². The second-order valence-corrected chi connectivity index (χ2v) is 11.3. The summed E-state index contributed by atoms with van der Waals surface area (Å²) in [6.07, 6.45) is 4.78. The Hall–Kier alpha value is -2.71. The average Bonchev–Trinajstić information content (AvgIpc) is 3.79. The van der Waals surface area contributed by atoms with Gasteiger partial charge in [-0.25, -0.2) is 4.98 Å². The van der Waals surface area contributed by atoms with E-state index < -0.39 is 0 Å². The van der Waals surface area contributed by atoms with Crippen molar-refractivity contribution in [1.29, 1.82) is 0 Å². The van der Waals surface area contributed by atoms with Gasteiger partial charge >= 0.3 is 0 Å². The van der Waals surface area contributed by atoms with E-state index in [9.17, 15) is 4.79 Å². The summed E-state index contributed by atoms with van der Waals surface area (Å²) in [4.78, 5) is 20.4. The van der Waals surface area contributed by atoms with Gasteiger partial charge < -0.3 is 4.57 Å². The standard InChI is InChI=1S/C26H27N5OS2/c1-16-8-13-21-23(17(16)2)27-25(34-21)30(14-18-6-4-3-5-7-18)22(32)15-33-26-29-28-24(19-9-10-19)31(26)20-11-12-20/h3-8,13,19-20H,9-12,14-15H2,1-2H3. The molecule has 0 bridgehead atoms. The first-order chi connectivity index (χ1) is 16.6. The topological polar surface area (TPSA) is 63.9 Å².